The van der Waals surface area contributed by atoms with E-state index >= 15 is 0 Å². The van der Waals surface area contributed by atoms with Gasteiger partial charge < -0.3 is 0 Å². The maximum atomic E-state index is 3.89. The predicted octanol–water partition coefficient (Wildman–Crippen LogP) is 1.20. The van der Waals surface area contributed by atoms with Crippen LogP contribution in [0.25, 0.3) is 0 Å². The largest absolute Gasteiger partial charge is 0.129 e. The molecule has 50 valence electrons. The normalized spacial score (nSPS) is 12.8. The van der Waals surface area contributed by atoms with Crippen molar-refractivity contribution in [3.63, 3.8) is 0 Å². The van der Waals surface area contributed by atoms with Gasteiger partial charge in [0, 0.05) is 13.8 Å². The van der Waals surface area contributed by atoms with Crippen LogP contribution < -0.4 is 0 Å². The van der Waals surface area contributed by atoms with E-state index in [-0.39, 0.29) is 5.41 Å². The second-order valence-electron chi connectivity index (χ2n) is 3.00. The number of hydrogen-bond acceptors (Lipinski definition) is 3. The van der Waals surface area contributed by atoms with Gasteiger partial charge in [0.15, 0.2) is 0 Å². The lowest BCUT2D eigenvalue weighted by molar-refractivity contribution is 0.577. The number of aromatic nitrogens is 3. The molecule has 1 atom stereocenters. The van der Waals surface area contributed by atoms with E-state index in [1.165, 1.54) is 0 Å². The zero-order valence-electron chi connectivity index (χ0n) is 5.84. The highest BCUT2D eigenvalue weighted by atomic mass is 31.0. The number of hydrogen-bond donors (Lipinski definition) is 0. The van der Waals surface area contributed by atoms with Gasteiger partial charge in [-0.15, -0.1) is 9.96 Å². The molecular weight excluding hydrogens is 133 g/mol. The molecule has 0 N–H and O–H groups in total. The first kappa shape index (κ1) is 6.69. The first-order valence-electron chi connectivity index (χ1n) is 2.85. The fourth-order valence-corrected chi connectivity index (χ4v) is 1.09. The van der Waals surface area contributed by atoms with E-state index in [4.69, 9.17) is 0 Å². The van der Waals surface area contributed by atoms with Gasteiger partial charge in [-0.05, 0) is 5.21 Å². The van der Waals surface area contributed by atoms with E-state index in [2.05, 4.69) is 35.9 Å². The highest BCUT2D eigenvalue weighted by molar-refractivity contribution is 7.26. The summed E-state index contributed by atoms with van der Waals surface area (Å²) in [6.45, 7) is 6.36. The molecule has 1 aromatic heterocycles. The molecule has 1 heterocycles. The van der Waals surface area contributed by atoms with Crippen LogP contribution in [0.3, 0.4) is 0 Å². The molecule has 4 heteroatoms. The van der Waals surface area contributed by atoms with Crippen molar-refractivity contribution < 1.29 is 0 Å². The van der Waals surface area contributed by atoms with Crippen molar-refractivity contribution in [2.75, 3.05) is 0 Å². The van der Waals surface area contributed by atoms with E-state index in [1.54, 1.807) is 0 Å². The van der Waals surface area contributed by atoms with E-state index in [9.17, 15) is 0 Å². The van der Waals surface area contributed by atoms with Gasteiger partial charge in [0.25, 0.3) is 0 Å². The van der Waals surface area contributed by atoms with Crippen molar-refractivity contribution in [3.8, 4) is 0 Å². The smallest absolute Gasteiger partial charge is 0.106 e. The Morgan fingerprint density at radius 1 is 1.33 bits per heavy atom. The van der Waals surface area contributed by atoms with Crippen molar-refractivity contribution in [1.29, 1.82) is 0 Å². The van der Waals surface area contributed by atoms with Gasteiger partial charge in [-0.3, -0.25) is 0 Å². The van der Waals surface area contributed by atoms with Crippen LogP contribution in [0.4, 0.5) is 0 Å². The van der Waals surface area contributed by atoms with Gasteiger partial charge >= 0.3 is 0 Å². The maximum absolute atomic E-state index is 3.89. The fraction of sp³-hybridized carbons (Fsp3) is 0.800. The lowest BCUT2D eigenvalue weighted by Gasteiger charge is -2.11. The minimum atomic E-state index is 0.155. The number of nitrogens with zero attached hydrogens (tertiary/aromatic N) is 3. The quantitative estimate of drug-likeness (QED) is 0.547. The fourth-order valence-electron chi connectivity index (χ4n) is 0.477. The molecule has 1 rings (SSSR count). The molecule has 0 fully saturated rings. The Labute approximate surface area is 56.0 Å². The van der Waals surface area contributed by atoms with Gasteiger partial charge in [0.1, 0.15) is 5.43 Å². The Morgan fingerprint density at radius 3 is 2.22 bits per heavy atom. The lowest BCUT2D eigenvalue weighted by atomic mass is 9.98. The van der Waals surface area contributed by atoms with E-state index < -0.39 is 0 Å². The molecule has 0 amide bonds. The average molecular weight is 143 g/mol. The first-order valence-corrected chi connectivity index (χ1v) is 3.79. The van der Waals surface area contributed by atoms with Gasteiger partial charge in [-0.2, -0.15) is 0 Å². The van der Waals surface area contributed by atoms with Crippen molar-refractivity contribution >= 4 is 8.35 Å². The maximum Gasteiger partial charge on any atom is 0.106 e. The van der Waals surface area contributed by atoms with Crippen LogP contribution in [-0.4, -0.2) is 15.2 Å². The Balaban J connectivity index is 2.90. The van der Waals surface area contributed by atoms with E-state index in [1.807, 2.05) is 0 Å². The van der Waals surface area contributed by atoms with Gasteiger partial charge in [0.2, 0.25) is 0 Å². The second kappa shape index (κ2) is 2.07. The summed E-state index contributed by atoms with van der Waals surface area (Å²) < 4.78 is 0. The summed E-state index contributed by atoms with van der Waals surface area (Å²) in [7, 11) is 0.459. The highest BCUT2D eigenvalue weighted by Crippen LogP contribution is 2.23. The second-order valence-corrected chi connectivity index (χ2v) is 3.90. The average Bonchev–Trinajstić information content (AvgIpc) is 2.08. The summed E-state index contributed by atoms with van der Waals surface area (Å²) in [5.74, 6) is 0. The highest BCUT2D eigenvalue weighted by Gasteiger charge is 2.16. The molecule has 9 heavy (non-hydrogen) atoms. The van der Waals surface area contributed by atoms with Gasteiger partial charge in [-0.1, -0.05) is 20.8 Å². The van der Waals surface area contributed by atoms with Gasteiger partial charge in [0.05, 0.1) is 0 Å². The first-order chi connectivity index (χ1) is 4.11. The van der Waals surface area contributed by atoms with Crippen molar-refractivity contribution in [2.24, 2.45) is 0 Å². The molecule has 1 aromatic rings. The standard InChI is InChI=1S/C5H10N3P/c1-5(2,3)4-6-7-8-9-4/h9H,1-3H3. The van der Waals surface area contributed by atoms with Crippen LogP contribution >= 0.6 is 8.35 Å². The topological polar surface area (TPSA) is 38.7 Å². The predicted molar refractivity (Wildman–Crippen MR) is 38.0 cm³/mol. The molecule has 0 aromatic carbocycles. The molecule has 3 nitrogen and oxygen atoms in total. The van der Waals surface area contributed by atoms with E-state index in [0.717, 1.165) is 5.43 Å². The summed E-state index contributed by atoms with van der Waals surface area (Å²) in [5, 5.41) is 7.45. The van der Waals surface area contributed by atoms with Crippen molar-refractivity contribution in [3.05, 3.63) is 5.43 Å². The monoisotopic (exact) mass is 143 g/mol. The molecule has 0 radical (unpaired) electrons. The molecule has 0 aliphatic heterocycles. The summed E-state index contributed by atoms with van der Waals surface area (Å²) in [5.41, 5.74) is 1.25. The zero-order valence-corrected chi connectivity index (χ0v) is 6.84. The van der Waals surface area contributed by atoms with Crippen LogP contribution in [0.5, 0.6) is 0 Å². The summed E-state index contributed by atoms with van der Waals surface area (Å²) >= 11 is 0. The summed E-state index contributed by atoms with van der Waals surface area (Å²) in [4.78, 5) is 3.78. The third kappa shape index (κ3) is 1.49. The lowest BCUT2D eigenvalue weighted by Crippen LogP contribution is -2.09. The van der Waals surface area contributed by atoms with Crippen LogP contribution in [0.2, 0.25) is 0 Å². The number of rotatable bonds is 0. The van der Waals surface area contributed by atoms with Crippen molar-refractivity contribution in [1.82, 2.24) is 15.2 Å². The molecule has 0 saturated carbocycles. The van der Waals surface area contributed by atoms with Crippen LogP contribution in [0.15, 0.2) is 0 Å². The molecule has 1 unspecified atom stereocenters. The van der Waals surface area contributed by atoms with Crippen LogP contribution in [0.1, 0.15) is 26.2 Å². The molecular formula is C5H10N3P. The van der Waals surface area contributed by atoms with E-state index in [0.29, 0.717) is 8.35 Å². The zero-order chi connectivity index (χ0) is 6.91. The van der Waals surface area contributed by atoms with Gasteiger partial charge in [-0.25, -0.2) is 0 Å². The summed E-state index contributed by atoms with van der Waals surface area (Å²) in [6.07, 6.45) is 0. The van der Waals surface area contributed by atoms with Crippen LogP contribution in [0, 0.1) is 0 Å². The van der Waals surface area contributed by atoms with Crippen LogP contribution in [-0.2, 0) is 5.41 Å². The minimum Gasteiger partial charge on any atom is -0.129 e. The summed E-state index contributed by atoms with van der Waals surface area (Å²) in [6, 6.07) is 0. The minimum absolute atomic E-state index is 0.155. The molecule has 0 spiro atoms. The third-order valence-electron chi connectivity index (χ3n) is 1.06. The third-order valence-corrected chi connectivity index (χ3v) is 2.31. The molecule has 0 saturated heterocycles. The SMILES string of the molecule is CC(C)(C)c1nnn[pH]1. The Kier molecular flexibility index (Phi) is 1.54. The Morgan fingerprint density at radius 2 is 2.00 bits per heavy atom. The Hall–Kier alpha value is -0.430. The Bertz CT molecular complexity index is 175. The molecule has 0 aliphatic rings. The van der Waals surface area contributed by atoms with Crippen molar-refractivity contribution in [2.45, 2.75) is 26.2 Å². The molecule has 0 bridgehead atoms. The molecule has 0 aliphatic carbocycles.